The van der Waals surface area contributed by atoms with E-state index in [2.05, 4.69) is 12.2 Å². The van der Waals surface area contributed by atoms with Gasteiger partial charge >= 0.3 is 6.18 Å². The maximum atomic E-state index is 13.1. The summed E-state index contributed by atoms with van der Waals surface area (Å²) in [6.45, 7) is 2.30. The Bertz CT molecular complexity index is 467. The van der Waals surface area contributed by atoms with Crippen molar-refractivity contribution in [2.24, 2.45) is 5.92 Å². The zero-order valence-electron chi connectivity index (χ0n) is 12.1. The van der Waals surface area contributed by atoms with E-state index in [-0.39, 0.29) is 18.2 Å². The molecule has 0 heterocycles. The SMILES string of the molecule is CNCc1ccc(N(C)C(C)C2CC2)cc1C(F)(F)F. The number of anilines is 1. The van der Waals surface area contributed by atoms with Crippen molar-refractivity contribution in [3.05, 3.63) is 29.3 Å². The van der Waals surface area contributed by atoms with Crippen molar-refractivity contribution in [3.63, 3.8) is 0 Å². The molecule has 0 amide bonds. The van der Waals surface area contributed by atoms with Gasteiger partial charge in [-0.05, 0) is 50.4 Å². The average molecular weight is 286 g/mol. The van der Waals surface area contributed by atoms with Crippen LogP contribution < -0.4 is 10.2 Å². The fourth-order valence-corrected chi connectivity index (χ4v) is 2.52. The summed E-state index contributed by atoms with van der Waals surface area (Å²) >= 11 is 0. The molecule has 0 aliphatic heterocycles. The minimum Gasteiger partial charge on any atom is -0.372 e. The molecule has 112 valence electrons. The first-order chi connectivity index (χ1) is 9.34. The van der Waals surface area contributed by atoms with Crippen LogP contribution in [0.1, 0.15) is 30.9 Å². The lowest BCUT2D eigenvalue weighted by Gasteiger charge is -2.28. The Balaban J connectivity index is 2.30. The average Bonchev–Trinajstić information content (AvgIpc) is 3.21. The van der Waals surface area contributed by atoms with Gasteiger partial charge in [0, 0.05) is 25.3 Å². The molecule has 0 bridgehead atoms. The molecule has 1 aromatic carbocycles. The zero-order valence-corrected chi connectivity index (χ0v) is 12.1. The van der Waals surface area contributed by atoms with Crippen molar-refractivity contribution in [3.8, 4) is 0 Å². The van der Waals surface area contributed by atoms with E-state index in [9.17, 15) is 13.2 Å². The second-order valence-electron chi connectivity index (χ2n) is 5.56. The molecule has 1 unspecified atom stereocenters. The minimum absolute atomic E-state index is 0.219. The van der Waals surface area contributed by atoms with Gasteiger partial charge in [0.1, 0.15) is 0 Å². The molecule has 1 fully saturated rings. The van der Waals surface area contributed by atoms with Gasteiger partial charge in [0.2, 0.25) is 0 Å². The van der Waals surface area contributed by atoms with E-state index in [1.807, 2.05) is 11.9 Å². The Morgan fingerprint density at radius 3 is 2.50 bits per heavy atom. The van der Waals surface area contributed by atoms with E-state index in [0.29, 0.717) is 11.6 Å². The maximum absolute atomic E-state index is 13.1. The Hall–Kier alpha value is -1.23. The first-order valence-corrected chi connectivity index (χ1v) is 6.92. The van der Waals surface area contributed by atoms with Gasteiger partial charge in [0.25, 0.3) is 0 Å². The summed E-state index contributed by atoms with van der Waals surface area (Å²) in [5.74, 6) is 0.617. The highest BCUT2D eigenvalue weighted by Crippen LogP contribution is 2.38. The molecule has 1 aromatic rings. The third-order valence-electron chi connectivity index (χ3n) is 4.09. The number of rotatable bonds is 5. The fraction of sp³-hybridized carbons (Fsp3) is 0.600. The van der Waals surface area contributed by atoms with E-state index in [4.69, 9.17) is 0 Å². The van der Waals surface area contributed by atoms with Crippen LogP contribution in [0.5, 0.6) is 0 Å². The summed E-state index contributed by atoms with van der Waals surface area (Å²) in [5.41, 5.74) is 0.381. The molecule has 1 aliphatic carbocycles. The maximum Gasteiger partial charge on any atom is 0.416 e. The van der Waals surface area contributed by atoms with Crippen molar-refractivity contribution >= 4 is 5.69 Å². The highest BCUT2D eigenvalue weighted by Gasteiger charge is 2.35. The third-order valence-corrected chi connectivity index (χ3v) is 4.09. The molecule has 0 spiro atoms. The van der Waals surface area contributed by atoms with Gasteiger partial charge in [-0.1, -0.05) is 6.07 Å². The van der Waals surface area contributed by atoms with E-state index in [1.165, 1.54) is 18.9 Å². The van der Waals surface area contributed by atoms with Crippen molar-refractivity contribution in [2.45, 2.75) is 38.5 Å². The molecule has 2 rings (SSSR count). The molecular formula is C15H21F3N2. The van der Waals surface area contributed by atoms with Gasteiger partial charge in [0.05, 0.1) is 5.56 Å². The number of nitrogens with zero attached hydrogens (tertiary/aromatic N) is 1. The van der Waals surface area contributed by atoms with Crippen LogP contribution >= 0.6 is 0 Å². The monoisotopic (exact) mass is 286 g/mol. The molecule has 20 heavy (non-hydrogen) atoms. The van der Waals surface area contributed by atoms with Crippen LogP contribution in [0.15, 0.2) is 18.2 Å². The van der Waals surface area contributed by atoms with Crippen molar-refractivity contribution < 1.29 is 13.2 Å². The molecule has 0 radical (unpaired) electrons. The van der Waals surface area contributed by atoms with Crippen LogP contribution in [0.3, 0.4) is 0 Å². The highest BCUT2D eigenvalue weighted by molar-refractivity contribution is 5.52. The van der Waals surface area contributed by atoms with Gasteiger partial charge in [-0.3, -0.25) is 0 Å². The number of halogens is 3. The van der Waals surface area contributed by atoms with Gasteiger partial charge in [-0.2, -0.15) is 13.2 Å². The molecule has 2 nitrogen and oxygen atoms in total. The van der Waals surface area contributed by atoms with Crippen LogP contribution in [0, 0.1) is 5.92 Å². The Kier molecular flexibility index (Phi) is 4.28. The van der Waals surface area contributed by atoms with Gasteiger partial charge in [0.15, 0.2) is 0 Å². The Morgan fingerprint density at radius 2 is 2.00 bits per heavy atom. The largest absolute Gasteiger partial charge is 0.416 e. The molecule has 0 aromatic heterocycles. The second kappa shape index (κ2) is 5.64. The fourth-order valence-electron chi connectivity index (χ4n) is 2.52. The molecule has 1 saturated carbocycles. The molecular weight excluding hydrogens is 265 g/mol. The number of alkyl halides is 3. The predicted octanol–water partition coefficient (Wildman–Crippen LogP) is 3.66. The van der Waals surface area contributed by atoms with Crippen LogP contribution in [0.25, 0.3) is 0 Å². The molecule has 0 saturated heterocycles. The molecule has 1 atom stereocenters. The van der Waals surface area contributed by atoms with Crippen LogP contribution in [0.2, 0.25) is 0 Å². The summed E-state index contributed by atoms with van der Waals surface area (Å²) in [4.78, 5) is 1.95. The standard InChI is InChI=1S/C15H21F3N2/c1-10(11-4-5-11)20(3)13-7-6-12(9-19-2)14(8-13)15(16,17)18/h6-8,10-11,19H,4-5,9H2,1-3H3. The Labute approximate surface area is 118 Å². The number of hydrogen-bond donors (Lipinski definition) is 1. The zero-order chi connectivity index (χ0) is 14.9. The normalized spacial score (nSPS) is 17.1. The predicted molar refractivity (Wildman–Crippen MR) is 74.8 cm³/mol. The van der Waals surface area contributed by atoms with Crippen LogP contribution in [0.4, 0.5) is 18.9 Å². The smallest absolute Gasteiger partial charge is 0.372 e. The van der Waals surface area contributed by atoms with E-state index >= 15 is 0 Å². The first kappa shape index (κ1) is 15.2. The first-order valence-electron chi connectivity index (χ1n) is 6.92. The highest BCUT2D eigenvalue weighted by atomic mass is 19.4. The summed E-state index contributed by atoms with van der Waals surface area (Å²) in [6.07, 6.45) is -1.96. The van der Waals surface area contributed by atoms with Crippen molar-refractivity contribution in [1.82, 2.24) is 5.32 Å². The van der Waals surface area contributed by atoms with Crippen molar-refractivity contribution in [2.75, 3.05) is 19.0 Å². The van der Waals surface area contributed by atoms with Crippen LogP contribution in [-0.4, -0.2) is 20.1 Å². The lowest BCUT2D eigenvalue weighted by molar-refractivity contribution is -0.138. The third kappa shape index (κ3) is 3.26. The van der Waals surface area contributed by atoms with Crippen molar-refractivity contribution in [1.29, 1.82) is 0 Å². The van der Waals surface area contributed by atoms with Gasteiger partial charge < -0.3 is 10.2 Å². The summed E-state index contributed by atoms with van der Waals surface area (Å²) in [7, 11) is 3.52. The van der Waals surface area contributed by atoms with Gasteiger partial charge in [-0.15, -0.1) is 0 Å². The quantitative estimate of drug-likeness (QED) is 0.888. The molecule has 1 N–H and O–H groups in total. The molecule has 5 heteroatoms. The number of benzene rings is 1. The lowest BCUT2D eigenvalue weighted by atomic mass is 10.0. The summed E-state index contributed by atoms with van der Waals surface area (Å²) in [5, 5.41) is 2.78. The summed E-state index contributed by atoms with van der Waals surface area (Å²) < 4.78 is 39.4. The number of nitrogens with one attached hydrogen (secondary N) is 1. The summed E-state index contributed by atoms with van der Waals surface area (Å²) in [6, 6.07) is 4.91. The van der Waals surface area contributed by atoms with E-state index < -0.39 is 11.7 Å². The number of hydrogen-bond acceptors (Lipinski definition) is 2. The second-order valence-corrected chi connectivity index (χ2v) is 5.56. The molecule has 1 aliphatic rings. The van der Waals surface area contributed by atoms with E-state index in [0.717, 1.165) is 0 Å². The lowest BCUT2D eigenvalue weighted by Crippen LogP contribution is -2.31. The minimum atomic E-state index is -4.31. The topological polar surface area (TPSA) is 15.3 Å². The Morgan fingerprint density at radius 1 is 1.35 bits per heavy atom. The van der Waals surface area contributed by atoms with Crippen LogP contribution in [-0.2, 0) is 12.7 Å². The van der Waals surface area contributed by atoms with Gasteiger partial charge in [-0.25, -0.2) is 0 Å². The van der Waals surface area contributed by atoms with E-state index in [1.54, 1.807) is 19.2 Å².